The van der Waals surface area contributed by atoms with Gasteiger partial charge < -0.3 is 4.90 Å². The zero-order valence-corrected chi connectivity index (χ0v) is 10.7. The molecule has 1 aliphatic rings. The number of nitrogens with one attached hydrogen (secondary N) is 1. The number of hydrogen-bond donors (Lipinski definition) is 1. The third kappa shape index (κ3) is 1.68. The molecule has 1 N–H and O–H groups in total. The topological polar surface area (TPSA) is 66.3 Å². The quantitative estimate of drug-likeness (QED) is 0.817. The van der Waals surface area contributed by atoms with Gasteiger partial charge in [0.25, 0.3) is 11.3 Å². The van der Waals surface area contributed by atoms with Crippen LogP contribution in [0.5, 0.6) is 0 Å². The Labute approximate surface area is 105 Å². The highest BCUT2D eigenvalue weighted by Crippen LogP contribution is 2.15. The molecule has 2 aromatic rings. The van der Waals surface area contributed by atoms with Crippen molar-refractivity contribution >= 4 is 11.7 Å². The second-order valence-corrected chi connectivity index (χ2v) is 4.86. The summed E-state index contributed by atoms with van der Waals surface area (Å²) in [5, 5.41) is 3.06. The van der Waals surface area contributed by atoms with Crippen LogP contribution >= 0.6 is 0 Å². The Morgan fingerprint density at radius 1 is 1.11 bits per heavy atom. The van der Waals surface area contributed by atoms with Gasteiger partial charge >= 0.3 is 0 Å². The average molecular weight is 247 g/mol. The molecule has 6 nitrogen and oxygen atoms in total. The van der Waals surface area contributed by atoms with E-state index in [9.17, 15) is 4.79 Å². The summed E-state index contributed by atoms with van der Waals surface area (Å²) in [7, 11) is 0. The van der Waals surface area contributed by atoms with Crippen LogP contribution in [0.3, 0.4) is 0 Å². The molecule has 0 radical (unpaired) electrons. The van der Waals surface area contributed by atoms with E-state index in [-0.39, 0.29) is 5.56 Å². The molecule has 0 aliphatic carbocycles. The molecule has 18 heavy (non-hydrogen) atoms. The lowest BCUT2D eigenvalue weighted by atomic mass is 10.1. The maximum Gasteiger partial charge on any atom is 0.277 e. The Morgan fingerprint density at radius 3 is 2.56 bits per heavy atom. The third-order valence-corrected chi connectivity index (χ3v) is 3.61. The molecule has 1 saturated heterocycles. The minimum Gasteiger partial charge on any atom is -0.341 e. The summed E-state index contributed by atoms with van der Waals surface area (Å²) in [5.41, 5.74) is 1.35. The molecule has 1 aliphatic heterocycles. The van der Waals surface area contributed by atoms with Crippen molar-refractivity contribution in [2.24, 2.45) is 0 Å². The zero-order chi connectivity index (χ0) is 12.7. The summed E-state index contributed by atoms with van der Waals surface area (Å²) in [6, 6.07) is 0. The van der Waals surface area contributed by atoms with Crippen molar-refractivity contribution in [2.75, 3.05) is 18.0 Å². The van der Waals surface area contributed by atoms with Crippen molar-refractivity contribution in [1.29, 1.82) is 0 Å². The first-order chi connectivity index (χ1) is 8.66. The Bertz CT molecular complexity index is 636. The van der Waals surface area contributed by atoms with Gasteiger partial charge in [-0.3, -0.25) is 9.89 Å². The number of fused-ring (bicyclic) bond motifs is 1. The van der Waals surface area contributed by atoms with E-state index in [0.29, 0.717) is 11.3 Å². The number of aryl methyl sites for hydroxylation is 1. The zero-order valence-electron chi connectivity index (χ0n) is 10.7. The minimum atomic E-state index is -0.0618. The fourth-order valence-corrected chi connectivity index (χ4v) is 2.34. The Morgan fingerprint density at radius 2 is 1.83 bits per heavy atom. The van der Waals surface area contributed by atoms with Crippen LogP contribution in [0.1, 0.15) is 30.5 Å². The van der Waals surface area contributed by atoms with E-state index in [0.717, 1.165) is 24.7 Å². The normalized spacial score (nSPS) is 16.4. The molecule has 0 bridgehead atoms. The second-order valence-electron chi connectivity index (χ2n) is 4.86. The Kier molecular flexibility index (Phi) is 2.57. The van der Waals surface area contributed by atoms with Crippen molar-refractivity contribution in [1.82, 2.24) is 19.6 Å². The van der Waals surface area contributed by atoms with Gasteiger partial charge in [-0.2, -0.15) is 9.50 Å². The van der Waals surface area contributed by atoms with Gasteiger partial charge in [0, 0.05) is 24.3 Å². The highest BCUT2D eigenvalue weighted by Gasteiger charge is 2.16. The summed E-state index contributed by atoms with van der Waals surface area (Å²) in [6.45, 7) is 5.61. The summed E-state index contributed by atoms with van der Waals surface area (Å²) in [6.07, 6.45) is 3.63. The molecular weight excluding hydrogens is 230 g/mol. The monoisotopic (exact) mass is 247 g/mol. The van der Waals surface area contributed by atoms with Crippen LogP contribution in [0.15, 0.2) is 4.79 Å². The molecule has 6 heteroatoms. The molecule has 0 unspecified atom stereocenters. The molecule has 3 heterocycles. The number of H-pyrrole nitrogens is 1. The molecule has 1 fully saturated rings. The van der Waals surface area contributed by atoms with Gasteiger partial charge in [0.15, 0.2) is 0 Å². The SMILES string of the molecule is Cc1nc2nc(N3CCCCC3)[nH]n2c(=O)c1C. The molecule has 3 rings (SSSR count). The van der Waals surface area contributed by atoms with E-state index < -0.39 is 0 Å². The van der Waals surface area contributed by atoms with Gasteiger partial charge in [-0.1, -0.05) is 0 Å². The van der Waals surface area contributed by atoms with Crippen LogP contribution in [0.25, 0.3) is 5.78 Å². The van der Waals surface area contributed by atoms with E-state index in [1.54, 1.807) is 6.92 Å². The van der Waals surface area contributed by atoms with Crippen LogP contribution in [-0.2, 0) is 0 Å². The summed E-state index contributed by atoms with van der Waals surface area (Å²) >= 11 is 0. The fourth-order valence-electron chi connectivity index (χ4n) is 2.34. The van der Waals surface area contributed by atoms with Gasteiger partial charge in [0.05, 0.1) is 0 Å². The molecule has 0 aromatic carbocycles. The highest BCUT2D eigenvalue weighted by atomic mass is 16.1. The van der Waals surface area contributed by atoms with E-state index in [2.05, 4.69) is 20.0 Å². The first-order valence-electron chi connectivity index (χ1n) is 6.38. The predicted octanol–water partition coefficient (Wildman–Crippen LogP) is 1.02. The number of rotatable bonds is 1. The number of aromatic nitrogens is 4. The molecule has 0 saturated carbocycles. The molecule has 0 atom stereocenters. The van der Waals surface area contributed by atoms with Gasteiger partial charge in [-0.25, -0.2) is 4.98 Å². The van der Waals surface area contributed by atoms with Crippen molar-refractivity contribution < 1.29 is 0 Å². The predicted molar refractivity (Wildman–Crippen MR) is 69.1 cm³/mol. The van der Waals surface area contributed by atoms with Gasteiger partial charge in [0.1, 0.15) is 0 Å². The number of aromatic amines is 1. The highest BCUT2D eigenvalue weighted by molar-refractivity contribution is 5.40. The van der Waals surface area contributed by atoms with Gasteiger partial charge in [-0.05, 0) is 33.1 Å². The van der Waals surface area contributed by atoms with Crippen molar-refractivity contribution in [2.45, 2.75) is 33.1 Å². The van der Waals surface area contributed by atoms with Gasteiger partial charge in [0.2, 0.25) is 5.95 Å². The lowest BCUT2D eigenvalue weighted by molar-refractivity contribution is 0.568. The van der Waals surface area contributed by atoms with E-state index >= 15 is 0 Å². The summed E-state index contributed by atoms with van der Waals surface area (Å²) < 4.78 is 1.44. The first kappa shape index (κ1) is 11.3. The third-order valence-electron chi connectivity index (χ3n) is 3.61. The largest absolute Gasteiger partial charge is 0.341 e. The lowest BCUT2D eigenvalue weighted by Gasteiger charge is -2.25. The van der Waals surface area contributed by atoms with E-state index in [1.807, 2.05) is 6.92 Å². The molecule has 0 spiro atoms. The number of nitrogens with zero attached hydrogens (tertiary/aromatic N) is 4. The van der Waals surface area contributed by atoms with Crippen LogP contribution in [0.2, 0.25) is 0 Å². The van der Waals surface area contributed by atoms with Crippen LogP contribution in [-0.4, -0.2) is 32.7 Å². The lowest BCUT2D eigenvalue weighted by Crippen LogP contribution is -2.30. The average Bonchev–Trinajstić information content (AvgIpc) is 2.81. The van der Waals surface area contributed by atoms with Crippen molar-refractivity contribution in [3.63, 3.8) is 0 Å². The molecule has 96 valence electrons. The molecular formula is C12H17N5O. The fraction of sp³-hybridized carbons (Fsp3) is 0.583. The summed E-state index contributed by atoms with van der Waals surface area (Å²) in [4.78, 5) is 23.0. The Balaban J connectivity index is 2.10. The van der Waals surface area contributed by atoms with Crippen molar-refractivity contribution in [3.05, 3.63) is 21.6 Å². The smallest absolute Gasteiger partial charge is 0.277 e. The minimum absolute atomic E-state index is 0.0618. The molecule has 2 aromatic heterocycles. The number of hydrogen-bond acceptors (Lipinski definition) is 4. The molecule has 0 amide bonds. The van der Waals surface area contributed by atoms with Crippen LogP contribution < -0.4 is 10.5 Å². The van der Waals surface area contributed by atoms with Crippen LogP contribution in [0, 0.1) is 13.8 Å². The standard InChI is InChI=1S/C12H17N5O/c1-8-9(2)13-11-14-12(15-17(11)10(8)18)16-6-4-3-5-7-16/h3-7H2,1-2H3,(H,13,14,15). The maximum absolute atomic E-state index is 12.1. The van der Waals surface area contributed by atoms with Crippen molar-refractivity contribution in [3.8, 4) is 0 Å². The number of anilines is 1. The second kappa shape index (κ2) is 4.12. The van der Waals surface area contributed by atoms with Gasteiger partial charge in [-0.15, -0.1) is 0 Å². The Hall–Kier alpha value is -1.85. The van der Waals surface area contributed by atoms with E-state index in [1.165, 1.54) is 23.8 Å². The number of piperidine rings is 1. The maximum atomic E-state index is 12.1. The van der Waals surface area contributed by atoms with Crippen LogP contribution in [0.4, 0.5) is 5.95 Å². The summed E-state index contributed by atoms with van der Waals surface area (Å²) in [5.74, 6) is 1.22. The van der Waals surface area contributed by atoms with E-state index in [4.69, 9.17) is 0 Å². The first-order valence-corrected chi connectivity index (χ1v) is 6.38.